The summed E-state index contributed by atoms with van der Waals surface area (Å²) >= 11 is 1.50. The van der Waals surface area contributed by atoms with Crippen LogP contribution in [0.2, 0.25) is 0 Å². The molecular weight excluding hydrogens is 418 g/mol. The number of rotatable bonds is 4. The maximum Gasteiger partial charge on any atom is 0.410 e. The van der Waals surface area contributed by atoms with E-state index in [1.807, 2.05) is 26.2 Å². The van der Waals surface area contributed by atoms with E-state index >= 15 is 0 Å². The number of ether oxygens (including phenoxy) is 2. The lowest BCUT2D eigenvalue weighted by Gasteiger charge is -2.32. The zero-order chi connectivity index (χ0) is 22.6. The SMILES string of the molecule is CCOC(=O)C1CCCN(C(=O)c2csc(C3CCN(C(=O)OC(C)(C)C)CC3)n2)C1. The van der Waals surface area contributed by atoms with E-state index in [2.05, 4.69) is 4.98 Å². The van der Waals surface area contributed by atoms with Crippen molar-refractivity contribution < 1.29 is 23.9 Å². The van der Waals surface area contributed by atoms with Crippen molar-refractivity contribution in [1.82, 2.24) is 14.8 Å². The molecule has 2 fully saturated rings. The molecule has 31 heavy (non-hydrogen) atoms. The van der Waals surface area contributed by atoms with Crippen LogP contribution in [0, 0.1) is 5.92 Å². The first-order chi connectivity index (χ1) is 14.7. The van der Waals surface area contributed by atoms with Gasteiger partial charge in [0.15, 0.2) is 0 Å². The number of hydrogen-bond donors (Lipinski definition) is 0. The molecule has 2 aliphatic heterocycles. The van der Waals surface area contributed by atoms with E-state index in [-0.39, 0.29) is 29.8 Å². The molecule has 0 spiro atoms. The van der Waals surface area contributed by atoms with Crippen LogP contribution in [0.3, 0.4) is 0 Å². The summed E-state index contributed by atoms with van der Waals surface area (Å²) in [5.74, 6) is -0.370. The monoisotopic (exact) mass is 451 g/mol. The van der Waals surface area contributed by atoms with Gasteiger partial charge >= 0.3 is 12.1 Å². The normalized spacial score (nSPS) is 20.5. The number of esters is 1. The molecule has 9 heteroatoms. The van der Waals surface area contributed by atoms with Crippen LogP contribution in [0.15, 0.2) is 5.38 Å². The summed E-state index contributed by atoms with van der Waals surface area (Å²) < 4.78 is 10.6. The van der Waals surface area contributed by atoms with Crippen molar-refractivity contribution in [2.75, 3.05) is 32.8 Å². The van der Waals surface area contributed by atoms with Crippen LogP contribution in [0.4, 0.5) is 4.79 Å². The Balaban J connectivity index is 1.55. The number of piperidine rings is 2. The van der Waals surface area contributed by atoms with Crippen molar-refractivity contribution in [3.63, 3.8) is 0 Å². The number of aromatic nitrogens is 1. The fraction of sp³-hybridized carbons (Fsp3) is 0.727. The highest BCUT2D eigenvalue weighted by molar-refractivity contribution is 7.09. The van der Waals surface area contributed by atoms with Crippen molar-refractivity contribution in [3.05, 3.63) is 16.1 Å². The standard InChI is InChI=1S/C22H33N3O5S/c1-5-29-20(27)16-7-6-10-25(13-16)19(26)17-14-31-18(23-17)15-8-11-24(12-9-15)21(28)30-22(2,3)4/h14-16H,5-13H2,1-4H3. The van der Waals surface area contributed by atoms with Crippen molar-refractivity contribution >= 4 is 29.3 Å². The van der Waals surface area contributed by atoms with Gasteiger partial charge < -0.3 is 19.3 Å². The Morgan fingerprint density at radius 1 is 1.13 bits per heavy atom. The van der Waals surface area contributed by atoms with E-state index in [0.29, 0.717) is 38.5 Å². The lowest BCUT2D eigenvalue weighted by molar-refractivity contribution is -0.149. The fourth-order valence-corrected chi connectivity index (χ4v) is 4.95. The predicted molar refractivity (Wildman–Crippen MR) is 117 cm³/mol. The lowest BCUT2D eigenvalue weighted by atomic mass is 9.97. The molecule has 2 aliphatic rings. The molecule has 0 saturated carbocycles. The van der Waals surface area contributed by atoms with Crippen LogP contribution >= 0.6 is 11.3 Å². The second-order valence-corrected chi connectivity index (χ2v) is 10.0. The van der Waals surface area contributed by atoms with E-state index in [1.54, 1.807) is 16.7 Å². The smallest absolute Gasteiger partial charge is 0.410 e. The average molecular weight is 452 g/mol. The van der Waals surface area contributed by atoms with E-state index in [1.165, 1.54) is 11.3 Å². The number of nitrogens with zero attached hydrogens (tertiary/aromatic N) is 3. The minimum absolute atomic E-state index is 0.123. The minimum atomic E-state index is -0.501. The van der Waals surface area contributed by atoms with Crippen molar-refractivity contribution in [2.24, 2.45) is 5.92 Å². The minimum Gasteiger partial charge on any atom is -0.466 e. The van der Waals surface area contributed by atoms with E-state index < -0.39 is 5.60 Å². The van der Waals surface area contributed by atoms with Crippen LogP contribution < -0.4 is 0 Å². The molecule has 0 N–H and O–H groups in total. The topological polar surface area (TPSA) is 89.0 Å². The van der Waals surface area contributed by atoms with Crippen LogP contribution in [0.1, 0.15) is 74.8 Å². The molecule has 172 valence electrons. The molecule has 1 aromatic heterocycles. The Hall–Kier alpha value is -2.16. The molecule has 1 atom stereocenters. The van der Waals surface area contributed by atoms with Crippen LogP contribution in [0.5, 0.6) is 0 Å². The first kappa shape index (κ1) is 23.5. The van der Waals surface area contributed by atoms with Gasteiger partial charge in [-0.15, -0.1) is 11.3 Å². The van der Waals surface area contributed by atoms with E-state index in [9.17, 15) is 14.4 Å². The molecule has 1 aromatic rings. The highest BCUT2D eigenvalue weighted by Gasteiger charge is 2.32. The van der Waals surface area contributed by atoms with Gasteiger partial charge in [0.2, 0.25) is 0 Å². The Morgan fingerprint density at radius 3 is 2.48 bits per heavy atom. The van der Waals surface area contributed by atoms with Crippen LogP contribution in [0.25, 0.3) is 0 Å². The highest BCUT2D eigenvalue weighted by Crippen LogP contribution is 2.31. The van der Waals surface area contributed by atoms with Gasteiger partial charge in [0.25, 0.3) is 5.91 Å². The highest BCUT2D eigenvalue weighted by atomic mass is 32.1. The number of carbonyl (C=O) groups excluding carboxylic acids is 3. The maximum atomic E-state index is 12.9. The second kappa shape index (κ2) is 9.97. The molecule has 0 aromatic carbocycles. The summed E-state index contributed by atoms with van der Waals surface area (Å²) in [5.41, 5.74) is -0.0572. The van der Waals surface area contributed by atoms with Gasteiger partial charge in [-0.05, 0) is 53.4 Å². The Kier molecular flexibility index (Phi) is 7.56. The second-order valence-electron chi connectivity index (χ2n) is 9.16. The fourth-order valence-electron chi connectivity index (χ4n) is 3.98. The molecule has 3 heterocycles. The zero-order valence-electron chi connectivity index (χ0n) is 18.9. The van der Waals surface area contributed by atoms with Gasteiger partial charge in [-0.1, -0.05) is 0 Å². The molecule has 0 bridgehead atoms. The van der Waals surface area contributed by atoms with Gasteiger partial charge in [-0.25, -0.2) is 9.78 Å². The molecule has 1 unspecified atom stereocenters. The summed E-state index contributed by atoms with van der Waals surface area (Å²) in [6.45, 7) is 10.00. The third kappa shape index (κ3) is 6.18. The molecule has 0 radical (unpaired) electrons. The Bertz CT molecular complexity index is 795. The molecule has 0 aliphatic carbocycles. The quantitative estimate of drug-likeness (QED) is 0.649. The summed E-state index contributed by atoms with van der Waals surface area (Å²) in [6.07, 6.45) is 2.86. The summed E-state index contributed by atoms with van der Waals surface area (Å²) in [7, 11) is 0. The third-order valence-electron chi connectivity index (χ3n) is 5.57. The average Bonchev–Trinajstić information content (AvgIpc) is 3.22. The van der Waals surface area contributed by atoms with Crippen LogP contribution in [-0.4, -0.2) is 71.1 Å². The summed E-state index contributed by atoms with van der Waals surface area (Å²) in [5, 5.41) is 2.75. The largest absolute Gasteiger partial charge is 0.466 e. The molecular formula is C22H33N3O5S. The predicted octanol–water partition coefficient (Wildman–Crippen LogP) is 3.67. The number of amides is 2. The molecule has 8 nitrogen and oxygen atoms in total. The Labute approximate surface area is 187 Å². The van der Waals surface area contributed by atoms with Gasteiger partial charge in [0.05, 0.1) is 17.5 Å². The number of carbonyl (C=O) groups is 3. The zero-order valence-corrected chi connectivity index (χ0v) is 19.7. The van der Waals surface area contributed by atoms with Crippen molar-refractivity contribution in [3.8, 4) is 0 Å². The van der Waals surface area contributed by atoms with Crippen molar-refractivity contribution in [2.45, 2.75) is 64.9 Å². The van der Waals surface area contributed by atoms with Gasteiger partial charge in [-0.3, -0.25) is 9.59 Å². The molecule has 3 rings (SSSR count). The summed E-state index contributed by atoms with van der Waals surface area (Å²) in [4.78, 5) is 45.3. The molecule has 2 amide bonds. The first-order valence-electron chi connectivity index (χ1n) is 11.1. The van der Waals surface area contributed by atoms with Gasteiger partial charge in [-0.2, -0.15) is 0 Å². The Morgan fingerprint density at radius 2 is 1.84 bits per heavy atom. The third-order valence-corrected chi connectivity index (χ3v) is 6.57. The lowest BCUT2D eigenvalue weighted by Crippen LogP contribution is -2.43. The first-order valence-corrected chi connectivity index (χ1v) is 11.9. The number of likely N-dealkylation sites (tertiary alicyclic amines) is 2. The van der Waals surface area contributed by atoms with Gasteiger partial charge in [0.1, 0.15) is 11.3 Å². The van der Waals surface area contributed by atoms with Gasteiger partial charge in [0, 0.05) is 37.5 Å². The van der Waals surface area contributed by atoms with Crippen molar-refractivity contribution in [1.29, 1.82) is 0 Å². The summed E-state index contributed by atoms with van der Waals surface area (Å²) in [6, 6.07) is 0. The maximum absolute atomic E-state index is 12.9. The molecule has 2 saturated heterocycles. The van der Waals surface area contributed by atoms with E-state index in [0.717, 1.165) is 30.7 Å². The van der Waals surface area contributed by atoms with Crippen LogP contribution in [-0.2, 0) is 14.3 Å². The number of thiazole rings is 1. The van der Waals surface area contributed by atoms with E-state index in [4.69, 9.17) is 9.47 Å². The number of hydrogen-bond acceptors (Lipinski definition) is 7.